The van der Waals surface area contributed by atoms with E-state index in [1.165, 1.54) is 0 Å². The third kappa shape index (κ3) is 2.59. The number of amides is 1. The van der Waals surface area contributed by atoms with Crippen LogP contribution in [0.5, 0.6) is 5.75 Å². The second-order valence-electron chi connectivity index (χ2n) is 4.93. The SMILES string of the molecule is Cc1cc(N)cc(C)c1NC(=O)c1cccc(O)c1C. The summed E-state index contributed by atoms with van der Waals surface area (Å²) in [5, 5.41) is 12.5. The van der Waals surface area contributed by atoms with E-state index >= 15 is 0 Å². The second kappa shape index (κ2) is 5.25. The molecule has 0 atom stereocenters. The predicted octanol–water partition coefficient (Wildman–Crippen LogP) is 3.15. The Morgan fingerprint density at radius 1 is 1.15 bits per heavy atom. The maximum absolute atomic E-state index is 12.3. The molecule has 104 valence electrons. The molecule has 2 rings (SSSR count). The number of carbonyl (C=O) groups excluding carboxylic acids is 1. The average molecular weight is 270 g/mol. The number of phenols is 1. The minimum absolute atomic E-state index is 0.114. The minimum Gasteiger partial charge on any atom is -0.508 e. The molecule has 2 aromatic rings. The lowest BCUT2D eigenvalue weighted by Gasteiger charge is -2.14. The Morgan fingerprint density at radius 3 is 2.35 bits per heavy atom. The highest BCUT2D eigenvalue weighted by Gasteiger charge is 2.14. The molecule has 0 aliphatic rings. The van der Waals surface area contributed by atoms with E-state index in [-0.39, 0.29) is 11.7 Å². The molecule has 0 saturated carbocycles. The number of benzene rings is 2. The Morgan fingerprint density at radius 2 is 1.75 bits per heavy atom. The largest absolute Gasteiger partial charge is 0.508 e. The van der Waals surface area contributed by atoms with Gasteiger partial charge < -0.3 is 16.2 Å². The van der Waals surface area contributed by atoms with Crippen molar-refractivity contribution < 1.29 is 9.90 Å². The molecular weight excluding hydrogens is 252 g/mol. The van der Waals surface area contributed by atoms with Gasteiger partial charge in [0, 0.05) is 22.5 Å². The number of hydrogen-bond acceptors (Lipinski definition) is 3. The summed E-state index contributed by atoms with van der Waals surface area (Å²) in [6.45, 7) is 5.51. The number of hydrogen-bond donors (Lipinski definition) is 3. The van der Waals surface area contributed by atoms with Crippen LogP contribution in [0.25, 0.3) is 0 Å². The fourth-order valence-electron chi connectivity index (χ4n) is 2.24. The van der Waals surface area contributed by atoms with Gasteiger partial charge in [-0.1, -0.05) is 6.07 Å². The first-order valence-electron chi connectivity index (χ1n) is 6.37. The van der Waals surface area contributed by atoms with Gasteiger partial charge in [-0.25, -0.2) is 0 Å². The van der Waals surface area contributed by atoms with Crippen molar-refractivity contribution in [3.05, 3.63) is 52.6 Å². The first-order valence-corrected chi connectivity index (χ1v) is 6.37. The van der Waals surface area contributed by atoms with Crippen LogP contribution in [0.15, 0.2) is 30.3 Å². The number of phenolic OH excluding ortho intramolecular Hbond substituents is 1. The van der Waals surface area contributed by atoms with Crippen molar-refractivity contribution in [3.8, 4) is 5.75 Å². The van der Waals surface area contributed by atoms with E-state index in [4.69, 9.17) is 5.73 Å². The standard InChI is InChI=1S/C16H18N2O2/c1-9-7-12(17)8-10(2)15(9)18-16(20)13-5-4-6-14(19)11(13)3/h4-8,19H,17H2,1-3H3,(H,18,20). The van der Waals surface area contributed by atoms with Crippen molar-refractivity contribution >= 4 is 17.3 Å². The zero-order valence-electron chi connectivity index (χ0n) is 11.8. The summed E-state index contributed by atoms with van der Waals surface area (Å²) < 4.78 is 0. The summed E-state index contributed by atoms with van der Waals surface area (Å²) in [5.41, 5.74) is 10.0. The normalized spacial score (nSPS) is 10.3. The van der Waals surface area contributed by atoms with Crippen molar-refractivity contribution in [1.29, 1.82) is 0 Å². The quantitative estimate of drug-likeness (QED) is 0.734. The van der Waals surface area contributed by atoms with Crippen LogP contribution in [-0.2, 0) is 0 Å². The monoisotopic (exact) mass is 270 g/mol. The highest BCUT2D eigenvalue weighted by molar-refractivity contribution is 6.06. The highest BCUT2D eigenvalue weighted by atomic mass is 16.3. The zero-order valence-corrected chi connectivity index (χ0v) is 11.8. The minimum atomic E-state index is -0.241. The molecule has 0 radical (unpaired) electrons. The third-order valence-corrected chi connectivity index (χ3v) is 3.34. The van der Waals surface area contributed by atoms with Crippen LogP contribution in [0.2, 0.25) is 0 Å². The summed E-state index contributed by atoms with van der Waals surface area (Å²) in [6, 6.07) is 8.54. The van der Waals surface area contributed by atoms with E-state index in [1.54, 1.807) is 25.1 Å². The summed E-state index contributed by atoms with van der Waals surface area (Å²) >= 11 is 0. The van der Waals surface area contributed by atoms with Crippen molar-refractivity contribution in [2.24, 2.45) is 0 Å². The fourth-order valence-corrected chi connectivity index (χ4v) is 2.24. The van der Waals surface area contributed by atoms with Gasteiger partial charge in [-0.3, -0.25) is 4.79 Å². The van der Waals surface area contributed by atoms with Gasteiger partial charge in [0.2, 0.25) is 0 Å². The van der Waals surface area contributed by atoms with Crippen LogP contribution >= 0.6 is 0 Å². The van der Waals surface area contributed by atoms with Gasteiger partial charge in [0.1, 0.15) is 5.75 Å². The third-order valence-electron chi connectivity index (χ3n) is 3.34. The molecule has 0 aliphatic heterocycles. The van der Waals surface area contributed by atoms with Crippen molar-refractivity contribution in [1.82, 2.24) is 0 Å². The topological polar surface area (TPSA) is 75.3 Å². The Labute approximate surface area is 118 Å². The molecule has 0 spiro atoms. The molecule has 0 aromatic heterocycles. The highest BCUT2D eigenvalue weighted by Crippen LogP contribution is 2.25. The first kappa shape index (κ1) is 13.9. The lowest BCUT2D eigenvalue weighted by Crippen LogP contribution is -2.15. The van der Waals surface area contributed by atoms with Crippen molar-refractivity contribution in [2.75, 3.05) is 11.1 Å². The molecule has 0 unspecified atom stereocenters. The van der Waals surface area contributed by atoms with Gasteiger partial charge in [-0.2, -0.15) is 0 Å². The zero-order chi connectivity index (χ0) is 14.9. The lowest BCUT2D eigenvalue weighted by atomic mass is 10.0. The van der Waals surface area contributed by atoms with Gasteiger partial charge in [0.15, 0.2) is 0 Å². The molecule has 0 bridgehead atoms. The molecule has 0 aliphatic carbocycles. The number of nitrogens with two attached hydrogens (primary N) is 1. The van der Waals surface area contributed by atoms with Gasteiger partial charge >= 0.3 is 0 Å². The molecule has 0 saturated heterocycles. The maximum atomic E-state index is 12.3. The molecule has 1 amide bonds. The van der Waals surface area contributed by atoms with Crippen LogP contribution in [0.4, 0.5) is 11.4 Å². The van der Waals surface area contributed by atoms with Crippen LogP contribution in [0.1, 0.15) is 27.0 Å². The number of rotatable bonds is 2. The molecule has 0 heterocycles. The van der Waals surface area contributed by atoms with Crippen LogP contribution < -0.4 is 11.1 Å². The summed E-state index contributed by atoms with van der Waals surface area (Å²) in [4.78, 5) is 12.3. The van der Waals surface area contributed by atoms with Gasteiger partial charge in [-0.05, 0) is 56.2 Å². The average Bonchev–Trinajstić information content (AvgIpc) is 2.36. The second-order valence-corrected chi connectivity index (χ2v) is 4.93. The first-order chi connectivity index (χ1) is 9.40. The molecule has 4 heteroatoms. The molecule has 0 fully saturated rings. The van der Waals surface area contributed by atoms with Gasteiger partial charge in [-0.15, -0.1) is 0 Å². The summed E-state index contributed by atoms with van der Waals surface area (Å²) in [5.74, 6) is -0.127. The Balaban J connectivity index is 2.36. The number of aromatic hydroxyl groups is 1. The lowest BCUT2D eigenvalue weighted by molar-refractivity contribution is 0.102. The van der Waals surface area contributed by atoms with Crippen molar-refractivity contribution in [3.63, 3.8) is 0 Å². The molecular formula is C16H18N2O2. The summed E-state index contributed by atoms with van der Waals surface area (Å²) in [7, 11) is 0. The van der Waals surface area contributed by atoms with E-state index < -0.39 is 0 Å². The number of carbonyl (C=O) groups is 1. The number of aryl methyl sites for hydroxylation is 2. The van der Waals surface area contributed by atoms with E-state index in [2.05, 4.69) is 5.32 Å². The van der Waals surface area contributed by atoms with Gasteiger partial charge in [0.05, 0.1) is 0 Å². The molecule has 20 heavy (non-hydrogen) atoms. The Bertz CT molecular complexity index is 655. The van der Waals surface area contributed by atoms with Crippen LogP contribution in [-0.4, -0.2) is 11.0 Å². The van der Waals surface area contributed by atoms with Crippen molar-refractivity contribution in [2.45, 2.75) is 20.8 Å². The Hall–Kier alpha value is -2.49. The number of anilines is 2. The summed E-state index contributed by atoms with van der Waals surface area (Å²) in [6.07, 6.45) is 0. The molecule has 4 N–H and O–H groups in total. The number of nitrogens with one attached hydrogen (secondary N) is 1. The fraction of sp³-hybridized carbons (Fsp3) is 0.188. The van der Waals surface area contributed by atoms with E-state index in [1.807, 2.05) is 26.0 Å². The molecule has 4 nitrogen and oxygen atoms in total. The predicted molar refractivity (Wildman–Crippen MR) is 81.1 cm³/mol. The maximum Gasteiger partial charge on any atom is 0.256 e. The Kier molecular flexibility index (Phi) is 3.66. The van der Waals surface area contributed by atoms with E-state index in [0.717, 1.165) is 16.8 Å². The number of nitrogen functional groups attached to an aromatic ring is 1. The van der Waals surface area contributed by atoms with Crippen LogP contribution in [0.3, 0.4) is 0 Å². The van der Waals surface area contributed by atoms with Crippen LogP contribution in [0, 0.1) is 20.8 Å². The van der Waals surface area contributed by atoms with E-state index in [0.29, 0.717) is 16.8 Å². The smallest absolute Gasteiger partial charge is 0.256 e. The molecule has 2 aromatic carbocycles. The van der Waals surface area contributed by atoms with Gasteiger partial charge in [0.25, 0.3) is 5.91 Å². The van der Waals surface area contributed by atoms with E-state index in [9.17, 15) is 9.90 Å².